The number of hydrogen-bond acceptors (Lipinski definition) is 4. The van der Waals surface area contributed by atoms with E-state index in [-0.39, 0.29) is 5.97 Å². The molecule has 0 fully saturated rings. The second-order valence-electron chi connectivity index (χ2n) is 5.63. The van der Waals surface area contributed by atoms with Crippen molar-refractivity contribution in [3.8, 4) is 5.75 Å². The van der Waals surface area contributed by atoms with Crippen molar-refractivity contribution in [2.45, 2.75) is 45.6 Å². The largest absolute Gasteiger partial charge is 0.496 e. The van der Waals surface area contributed by atoms with Gasteiger partial charge in [-0.2, -0.15) is 0 Å². The Bertz CT molecular complexity index is 532. The predicted octanol–water partition coefficient (Wildman–Crippen LogP) is 2.87. The number of unbranched alkanes of at least 4 members (excludes halogenated alkanes) is 3. The Kier molecular flexibility index (Phi) is 10.9. The fourth-order valence-electron chi connectivity index (χ4n) is 2.44. The molecule has 1 aromatic rings. The van der Waals surface area contributed by atoms with Crippen molar-refractivity contribution in [1.82, 2.24) is 10.6 Å². The van der Waals surface area contributed by atoms with Crippen LogP contribution in [0.15, 0.2) is 29.3 Å². The van der Waals surface area contributed by atoms with Crippen LogP contribution in [0.3, 0.4) is 0 Å². The van der Waals surface area contributed by atoms with Crippen molar-refractivity contribution >= 4 is 11.9 Å². The minimum Gasteiger partial charge on any atom is -0.496 e. The zero-order valence-electron chi connectivity index (χ0n) is 15.6. The van der Waals surface area contributed by atoms with E-state index < -0.39 is 0 Å². The first kappa shape index (κ1) is 20.8. The number of carbonyl (C=O) groups excluding carboxylic acids is 1. The number of nitrogens with zero attached hydrogens (tertiary/aromatic N) is 1. The van der Waals surface area contributed by atoms with Gasteiger partial charge in [0.05, 0.1) is 13.7 Å². The van der Waals surface area contributed by atoms with Crippen LogP contribution >= 0.6 is 0 Å². The molecular weight excluding hydrogens is 318 g/mol. The summed E-state index contributed by atoms with van der Waals surface area (Å²) in [5.74, 6) is 1.55. The molecule has 0 atom stereocenters. The summed E-state index contributed by atoms with van der Waals surface area (Å²) in [5, 5.41) is 6.59. The zero-order chi connectivity index (χ0) is 18.3. The van der Waals surface area contributed by atoms with Crippen molar-refractivity contribution in [1.29, 1.82) is 0 Å². The van der Waals surface area contributed by atoms with E-state index in [1.165, 1.54) is 0 Å². The molecule has 0 unspecified atom stereocenters. The number of aliphatic imine (C=N–C) groups is 1. The lowest BCUT2D eigenvalue weighted by Gasteiger charge is -2.13. The fourth-order valence-corrected chi connectivity index (χ4v) is 2.44. The highest BCUT2D eigenvalue weighted by molar-refractivity contribution is 5.79. The van der Waals surface area contributed by atoms with Crippen molar-refractivity contribution in [3.63, 3.8) is 0 Å². The van der Waals surface area contributed by atoms with Gasteiger partial charge < -0.3 is 20.1 Å². The molecule has 0 spiro atoms. The molecule has 0 saturated carbocycles. The highest BCUT2D eigenvalue weighted by atomic mass is 16.5. The molecule has 0 radical (unpaired) electrons. The van der Waals surface area contributed by atoms with E-state index >= 15 is 0 Å². The normalized spacial score (nSPS) is 11.1. The first-order chi connectivity index (χ1) is 12.2. The van der Waals surface area contributed by atoms with Crippen LogP contribution in [0.2, 0.25) is 0 Å². The Labute approximate surface area is 151 Å². The Hall–Kier alpha value is -2.24. The van der Waals surface area contributed by atoms with E-state index in [0.29, 0.717) is 19.6 Å². The summed E-state index contributed by atoms with van der Waals surface area (Å²) < 4.78 is 10.3. The van der Waals surface area contributed by atoms with Crippen LogP contribution in [0.5, 0.6) is 5.75 Å². The standard InChI is InChI=1S/C19H31N3O3/c1-4-25-18(23)13-7-5-6-10-14-21-19(20-2)22-15-16-11-8-9-12-17(16)24-3/h8-9,11-12H,4-7,10,13-15H2,1-3H3,(H2,20,21,22). The van der Waals surface area contributed by atoms with Gasteiger partial charge in [-0.1, -0.05) is 31.0 Å². The van der Waals surface area contributed by atoms with Gasteiger partial charge in [0.2, 0.25) is 0 Å². The van der Waals surface area contributed by atoms with E-state index in [0.717, 1.165) is 49.5 Å². The molecule has 0 saturated heterocycles. The Morgan fingerprint density at radius 2 is 1.88 bits per heavy atom. The summed E-state index contributed by atoms with van der Waals surface area (Å²) in [6.07, 6.45) is 4.56. The molecule has 0 aliphatic rings. The van der Waals surface area contributed by atoms with Crippen LogP contribution in [0.1, 0.15) is 44.6 Å². The molecule has 6 heteroatoms. The molecule has 0 bridgehead atoms. The lowest BCUT2D eigenvalue weighted by Crippen LogP contribution is -2.37. The summed E-state index contributed by atoms with van der Waals surface area (Å²) in [5.41, 5.74) is 1.09. The van der Waals surface area contributed by atoms with Gasteiger partial charge in [0, 0.05) is 32.1 Å². The van der Waals surface area contributed by atoms with Gasteiger partial charge in [-0.15, -0.1) is 0 Å². The predicted molar refractivity (Wildman–Crippen MR) is 101 cm³/mol. The van der Waals surface area contributed by atoms with E-state index in [9.17, 15) is 4.79 Å². The molecule has 140 valence electrons. The SMILES string of the molecule is CCOC(=O)CCCCCCNC(=NC)NCc1ccccc1OC. The maximum atomic E-state index is 11.2. The number of rotatable bonds is 11. The molecular formula is C19H31N3O3. The molecule has 6 nitrogen and oxygen atoms in total. The van der Waals surface area contributed by atoms with E-state index in [2.05, 4.69) is 15.6 Å². The minimum absolute atomic E-state index is 0.0958. The van der Waals surface area contributed by atoms with Crippen molar-refractivity contribution in [2.24, 2.45) is 4.99 Å². The molecule has 0 aliphatic heterocycles. The van der Waals surface area contributed by atoms with E-state index in [1.54, 1.807) is 14.2 Å². The van der Waals surface area contributed by atoms with Gasteiger partial charge in [-0.05, 0) is 25.8 Å². The quantitative estimate of drug-likeness (QED) is 0.278. The topological polar surface area (TPSA) is 72.0 Å². The summed E-state index contributed by atoms with van der Waals surface area (Å²) in [4.78, 5) is 15.5. The minimum atomic E-state index is -0.0958. The van der Waals surface area contributed by atoms with Crippen LogP contribution in [0.25, 0.3) is 0 Å². The number of nitrogens with one attached hydrogen (secondary N) is 2. The van der Waals surface area contributed by atoms with Gasteiger partial charge in [0.1, 0.15) is 5.75 Å². The van der Waals surface area contributed by atoms with Crippen LogP contribution in [0, 0.1) is 0 Å². The van der Waals surface area contributed by atoms with Gasteiger partial charge in [0.15, 0.2) is 5.96 Å². The fraction of sp³-hybridized carbons (Fsp3) is 0.579. The highest BCUT2D eigenvalue weighted by Crippen LogP contribution is 2.16. The second-order valence-corrected chi connectivity index (χ2v) is 5.63. The first-order valence-electron chi connectivity index (χ1n) is 8.93. The lowest BCUT2D eigenvalue weighted by atomic mass is 10.1. The van der Waals surface area contributed by atoms with Gasteiger partial charge in [-0.3, -0.25) is 9.79 Å². The lowest BCUT2D eigenvalue weighted by molar-refractivity contribution is -0.143. The van der Waals surface area contributed by atoms with Crippen LogP contribution in [0.4, 0.5) is 0 Å². The number of guanidine groups is 1. The number of esters is 1. The van der Waals surface area contributed by atoms with Gasteiger partial charge >= 0.3 is 5.97 Å². The van der Waals surface area contributed by atoms with Gasteiger partial charge in [0.25, 0.3) is 0 Å². The Balaban J connectivity index is 2.15. The molecule has 2 N–H and O–H groups in total. The average molecular weight is 349 g/mol. The molecule has 0 aliphatic carbocycles. The highest BCUT2D eigenvalue weighted by Gasteiger charge is 2.03. The first-order valence-corrected chi connectivity index (χ1v) is 8.93. The van der Waals surface area contributed by atoms with E-state index in [4.69, 9.17) is 9.47 Å². The number of benzene rings is 1. The number of ether oxygens (including phenoxy) is 2. The number of carbonyl (C=O) groups is 1. The summed E-state index contributed by atoms with van der Waals surface area (Å²) >= 11 is 0. The molecule has 25 heavy (non-hydrogen) atoms. The molecule has 0 heterocycles. The smallest absolute Gasteiger partial charge is 0.305 e. The zero-order valence-corrected chi connectivity index (χ0v) is 15.6. The van der Waals surface area contributed by atoms with Crippen LogP contribution in [-0.4, -0.2) is 39.2 Å². The number of methoxy groups -OCH3 is 1. The third-order valence-electron chi connectivity index (χ3n) is 3.77. The molecule has 1 aromatic carbocycles. The van der Waals surface area contributed by atoms with Crippen LogP contribution in [-0.2, 0) is 16.1 Å². The second kappa shape index (κ2) is 13.1. The van der Waals surface area contributed by atoms with Gasteiger partial charge in [-0.25, -0.2) is 0 Å². The van der Waals surface area contributed by atoms with Crippen LogP contribution < -0.4 is 15.4 Å². The maximum Gasteiger partial charge on any atom is 0.305 e. The Morgan fingerprint density at radius 1 is 1.12 bits per heavy atom. The van der Waals surface area contributed by atoms with Crippen molar-refractivity contribution in [3.05, 3.63) is 29.8 Å². The summed E-state index contributed by atoms with van der Waals surface area (Å²) in [7, 11) is 3.44. The maximum absolute atomic E-state index is 11.2. The van der Waals surface area contributed by atoms with Crippen molar-refractivity contribution < 1.29 is 14.3 Å². The molecule has 1 rings (SSSR count). The summed E-state index contributed by atoms with van der Waals surface area (Å²) in [6.45, 7) is 3.80. The molecule has 0 amide bonds. The average Bonchev–Trinajstić information content (AvgIpc) is 2.63. The number of para-hydroxylation sites is 1. The number of hydrogen-bond donors (Lipinski definition) is 2. The summed E-state index contributed by atoms with van der Waals surface area (Å²) in [6, 6.07) is 7.93. The van der Waals surface area contributed by atoms with Crippen molar-refractivity contribution in [2.75, 3.05) is 27.3 Å². The monoisotopic (exact) mass is 349 g/mol. The van der Waals surface area contributed by atoms with E-state index in [1.807, 2.05) is 31.2 Å². The third-order valence-corrected chi connectivity index (χ3v) is 3.77. The Morgan fingerprint density at radius 3 is 2.60 bits per heavy atom. The molecule has 0 aromatic heterocycles. The third kappa shape index (κ3) is 8.98.